The van der Waals surface area contributed by atoms with E-state index in [0.29, 0.717) is 4.91 Å². The molecule has 3 amide bonds. The summed E-state index contributed by atoms with van der Waals surface area (Å²) in [6.07, 6.45) is 1.66. The third-order valence-electron chi connectivity index (χ3n) is 2.22. The summed E-state index contributed by atoms with van der Waals surface area (Å²) in [6, 6.07) is 3.81. The van der Waals surface area contributed by atoms with Crippen molar-refractivity contribution in [2.45, 2.75) is 6.92 Å². The number of amides is 3. The van der Waals surface area contributed by atoms with Gasteiger partial charge in [0.25, 0.3) is 11.1 Å². The second-order valence-electron chi connectivity index (χ2n) is 3.68. The van der Waals surface area contributed by atoms with Crippen LogP contribution in [0.2, 0.25) is 0 Å². The fourth-order valence-corrected chi connectivity index (χ4v) is 3.18. The molecule has 5 nitrogen and oxygen atoms in total. The lowest BCUT2D eigenvalue weighted by molar-refractivity contribution is -0.127. The molecular formula is C11H10N2O3S2. The van der Waals surface area contributed by atoms with Crippen LogP contribution in [0.4, 0.5) is 4.79 Å². The van der Waals surface area contributed by atoms with Crippen LogP contribution in [-0.2, 0) is 9.59 Å². The van der Waals surface area contributed by atoms with Crippen molar-refractivity contribution < 1.29 is 14.4 Å². The van der Waals surface area contributed by atoms with Crippen LogP contribution in [0, 0.1) is 6.92 Å². The first kappa shape index (κ1) is 12.8. The largest absolute Gasteiger partial charge is 0.368 e. The van der Waals surface area contributed by atoms with Gasteiger partial charge < -0.3 is 5.73 Å². The Labute approximate surface area is 112 Å². The van der Waals surface area contributed by atoms with E-state index in [0.717, 1.165) is 26.4 Å². The first-order valence-electron chi connectivity index (χ1n) is 5.07. The highest BCUT2D eigenvalue weighted by Crippen LogP contribution is 2.33. The number of hydrogen-bond acceptors (Lipinski definition) is 5. The maximum absolute atomic E-state index is 11.9. The number of thioether (sulfide) groups is 1. The predicted molar refractivity (Wildman–Crippen MR) is 70.9 cm³/mol. The number of hydrogen-bond donors (Lipinski definition) is 1. The first-order valence-corrected chi connectivity index (χ1v) is 6.71. The molecule has 2 heterocycles. The summed E-state index contributed by atoms with van der Waals surface area (Å²) >= 11 is 2.35. The average molecular weight is 282 g/mol. The Morgan fingerprint density at radius 1 is 1.44 bits per heavy atom. The van der Waals surface area contributed by atoms with Crippen molar-refractivity contribution in [2.75, 3.05) is 6.54 Å². The van der Waals surface area contributed by atoms with Gasteiger partial charge in [-0.3, -0.25) is 19.3 Å². The molecule has 1 fully saturated rings. The zero-order valence-corrected chi connectivity index (χ0v) is 11.1. The van der Waals surface area contributed by atoms with Gasteiger partial charge in [-0.25, -0.2) is 0 Å². The summed E-state index contributed by atoms with van der Waals surface area (Å²) in [4.78, 5) is 37.4. The van der Waals surface area contributed by atoms with E-state index in [1.165, 1.54) is 11.3 Å². The molecule has 18 heavy (non-hydrogen) atoms. The maximum atomic E-state index is 11.9. The second kappa shape index (κ2) is 4.95. The highest BCUT2D eigenvalue weighted by molar-refractivity contribution is 8.18. The van der Waals surface area contributed by atoms with Crippen molar-refractivity contribution >= 4 is 46.2 Å². The number of imide groups is 1. The number of carbonyl (C=O) groups is 3. The Bertz CT molecular complexity index is 562. The normalized spacial score (nSPS) is 17.8. The summed E-state index contributed by atoms with van der Waals surface area (Å²) in [7, 11) is 0. The van der Waals surface area contributed by atoms with Crippen LogP contribution in [0.5, 0.6) is 0 Å². The minimum Gasteiger partial charge on any atom is -0.368 e. The van der Waals surface area contributed by atoms with Crippen LogP contribution in [0.25, 0.3) is 6.08 Å². The fourth-order valence-electron chi connectivity index (χ4n) is 1.45. The topological polar surface area (TPSA) is 80.5 Å². The molecule has 0 saturated carbocycles. The molecule has 0 bridgehead atoms. The zero-order valence-electron chi connectivity index (χ0n) is 9.50. The van der Waals surface area contributed by atoms with Crippen molar-refractivity contribution in [3.05, 3.63) is 26.8 Å². The summed E-state index contributed by atoms with van der Waals surface area (Å²) in [5.74, 6) is -1.17. The molecule has 2 rings (SSSR count). The summed E-state index contributed by atoms with van der Waals surface area (Å²) in [5, 5.41) is -0.460. The van der Waals surface area contributed by atoms with E-state index in [1.54, 1.807) is 6.08 Å². The van der Waals surface area contributed by atoms with Crippen molar-refractivity contribution in [1.29, 1.82) is 0 Å². The number of nitrogens with two attached hydrogens (primary N) is 1. The number of nitrogens with zero attached hydrogens (tertiary/aromatic N) is 1. The quantitative estimate of drug-likeness (QED) is 0.853. The van der Waals surface area contributed by atoms with Crippen LogP contribution in [0.1, 0.15) is 9.75 Å². The minimum absolute atomic E-state index is 0.322. The van der Waals surface area contributed by atoms with Gasteiger partial charge in [0.05, 0.1) is 4.91 Å². The van der Waals surface area contributed by atoms with Crippen molar-refractivity contribution in [3.8, 4) is 0 Å². The van der Waals surface area contributed by atoms with E-state index >= 15 is 0 Å². The van der Waals surface area contributed by atoms with Gasteiger partial charge in [0.2, 0.25) is 5.91 Å². The van der Waals surface area contributed by atoms with Crippen molar-refractivity contribution in [2.24, 2.45) is 5.73 Å². The minimum atomic E-state index is -0.703. The molecule has 0 radical (unpaired) electrons. The molecule has 1 aliphatic heterocycles. The number of primary amides is 1. The number of carbonyl (C=O) groups excluding carboxylic acids is 3. The van der Waals surface area contributed by atoms with Gasteiger partial charge in [-0.1, -0.05) is 0 Å². The second-order valence-corrected chi connectivity index (χ2v) is 6.00. The highest BCUT2D eigenvalue weighted by atomic mass is 32.2. The molecule has 0 aliphatic carbocycles. The van der Waals surface area contributed by atoms with Crippen LogP contribution in [0.3, 0.4) is 0 Å². The average Bonchev–Trinajstić information content (AvgIpc) is 2.78. The molecule has 7 heteroatoms. The molecule has 1 aliphatic rings. The Hall–Kier alpha value is -1.60. The van der Waals surface area contributed by atoms with Gasteiger partial charge in [-0.15, -0.1) is 11.3 Å². The highest BCUT2D eigenvalue weighted by Gasteiger charge is 2.35. The van der Waals surface area contributed by atoms with Gasteiger partial charge in [-0.2, -0.15) is 0 Å². The maximum Gasteiger partial charge on any atom is 0.294 e. The molecule has 0 spiro atoms. The van der Waals surface area contributed by atoms with Crippen molar-refractivity contribution in [3.63, 3.8) is 0 Å². The lowest BCUT2D eigenvalue weighted by atomic mass is 10.3. The van der Waals surface area contributed by atoms with Gasteiger partial charge in [0.15, 0.2) is 0 Å². The third-order valence-corrected chi connectivity index (χ3v) is 4.08. The molecule has 0 unspecified atom stereocenters. The molecule has 1 aromatic heterocycles. The lowest BCUT2D eigenvalue weighted by Crippen LogP contribution is -2.36. The SMILES string of the molecule is Cc1ccc(/C=C2\SC(=O)N(CC(N)=O)C2=O)s1. The Kier molecular flexibility index (Phi) is 3.53. The van der Waals surface area contributed by atoms with Gasteiger partial charge >= 0.3 is 0 Å². The molecule has 0 aromatic carbocycles. The van der Waals surface area contributed by atoms with Gasteiger partial charge in [0.1, 0.15) is 6.54 Å². The molecule has 2 N–H and O–H groups in total. The van der Waals surface area contributed by atoms with E-state index in [2.05, 4.69) is 0 Å². The van der Waals surface area contributed by atoms with Crippen LogP contribution >= 0.6 is 23.1 Å². The summed E-state index contributed by atoms with van der Waals surface area (Å²) < 4.78 is 0. The number of thiophene rings is 1. The third kappa shape index (κ3) is 2.62. The van der Waals surface area contributed by atoms with Crippen LogP contribution < -0.4 is 5.73 Å². The van der Waals surface area contributed by atoms with Crippen LogP contribution in [0.15, 0.2) is 17.0 Å². The summed E-state index contributed by atoms with van der Waals surface area (Å²) in [5.41, 5.74) is 4.99. The zero-order chi connectivity index (χ0) is 13.3. The molecule has 1 aromatic rings. The lowest BCUT2D eigenvalue weighted by Gasteiger charge is -2.08. The van der Waals surface area contributed by atoms with Crippen molar-refractivity contribution in [1.82, 2.24) is 4.90 Å². The smallest absolute Gasteiger partial charge is 0.294 e. The van der Waals surface area contributed by atoms with E-state index in [4.69, 9.17) is 5.73 Å². The van der Waals surface area contributed by atoms with Crippen LogP contribution in [-0.4, -0.2) is 28.5 Å². The fraction of sp³-hybridized carbons (Fsp3) is 0.182. The Balaban J connectivity index is 2.22. The number of aryl methyl sites for hydroxylation is 1. The van der Waals surface area contributed by atoms with E-state index in [-0.39, 0.29) is 6.54 Å². The molecule has 0 atom stereocenters. The van der Waals surface area contributed by atoms with Gasteiger partial charge in [0, 0.05) is 9.75 Å². The Morgan fingerprint density at radius 2 is 2.17 bits per heavy atom. The van der Waals surface area contributed by atoms with E-state index in [1.807, 2.05) is 19.1 Å². The van der Waals surface area contributed by atoms with E-state index in [9.17, 15) is 14.4 Å². The molecule has 94 valence electrons. The first-order chi connectivity index (χ1) is 8.47. The Morgan fingerprint density at radius 3 is 2.72 bits per heavy atom. The summed E-state index contributed by atoms with van der Waals surface area (Å²) in [6.45, 7) is 1.59. The standard InChI is InChI=1S/C11H10N2O3S2/c1-6-2-3-7(17-6)4-8-10(15)13(5-9(12)14)11(16)18-8/h2-4H,5H2,1H3,(H2,12,14)/b8-4-. The monoisotopic (exact) mass is 282 g/mol. The number of rotatable bonds is 3. The molecular weight excluding hydrogens is 272 g/mol. The van der Waals surface area contributed by atoms with Gasteiger partial charge in [-0.05, 0) is 36.9 Å². The molecule has 1 saturated heterocycles. The predicted octanol–water partition coefficient (Wildman–Crippen LogP) is 1.58. The van der Waals surface area contributed by atoms with E-state index < -0.39 is 17.1 Å².